The van der Waals surface area contributed by atoms with Crippen LogP contribution in [0.15, 0.2) is 82.6 Å². The Hall–Kier alpha value is -2.92. The molecule has 3 aromatic rings. The maximum absolute atomic E-state index is 12.4. The van der Waals surface area contributed by atoms with Crippen LogP contribution in [0.4, 0.5) is 0 Å². The van der Waals surface area contributed by atoms with Crippen LogP contribution < -0.4 is 9.47 Å². The normalized spacial score (nSPS) is 10.3. The first kappa shape index (κ1) is 17.9. The number of para-hydroxylation sites is 1. The van der Waals surface area contributed by atoms with E-state index in [1.807, 2.05) is 37.3 Å². The van der Waals surface area contributed by atoms with Crippen LogP contribution in [-0.4, -0.2) is 17.7 Å². The quantitative estimate of drug-likeness (QED) is 0.482. The summed E-state index contributed by atoms with van der Waals surface area (Å²) in [5.74, 6) is 0.771. The maximum atomic E-state index is 12.4. The van der Waals surface area contributed by atoms with Gasteiger partial charge in [0.2, 0.25) is 0 Å². The van der Waals surface area contributed by atoms with Gasteiger partial charge in [0.05, 0.1) is 6.61 Å². The Kier molecular flexibility index (Phi) is 5.81. The predicted octanol–water partition coefficient (Wildman–Crippen LogP) is 5.16. The largest absolute Gasteiger partial charge is 0.508 e. The minimum Gasteiger partial charge on any atom is -0.508 e. The molecular weight excluding hydrogens is 348 g/mol. The summed E-state index contributed by atoms with van der Waals surface area (Å²) in [5, 5.41) is 9.32. The first-order valence-electron chi connectivity index (χ1n) is 8.16. The molecule has 0 fully saturated rings. The molecule has 0 amide bonds. The standard InChI is InChI=1S/C21H18O4S/c1-2-24-20-6-4-3-5-19(20)21(23)25-16-9-13-18(14-10-16)26-17-11-7-15(22)8-12-17/h3-14,22H,2H2,1H3. The average molecular weight is 366 g/mol. The van der Waals surface area contributed by atoms with E-state index in [2.05, 4.69) is 0 Å². The molecule has 1 N–H and O–H groups in total. The number of ether oxygens (including phenoxy) is 2. The fourth-order valence-electron chi connectivity index (χ4n) is 2.30. The van der Waals surface area contributed by atoms with Gasteiger partial charge in [-0.2, -0.15) is 0 Å². The Bertz CT molecular complexity index is 873. The number of phenolic OH excluding ortho intramolecular Hbond substituents is 1. The third kappa shape index (κ3) is 4.58. The minimum absolute atomic E-state index is 0.240. The zero-order valence-electron chi connectivity index (χ0n) is 14.2. The van der Waals surface area contributed by atoms with Crippen molar-refractivity contribution in [2.75, 3.05) is 6.61 Å². The fraction of sp³-hybridized carbons (Fsp3) is 0.0952. The summed E-state index contributed by atoms with van der Waals surface area (Å²) in [4.78, 5) is 14.4. The summed E-state index contributed by atoms with van der Waals surface area (Å²) in [6, 6.07) is 21.3. The molecule has 0 aromatic heterocycles. The van der Waals surface area contributed by atoms with Gasteiger partial charge in [0, 0.05) is 9.79 Å². The average Bonchev–Trinajstić information content (AvgIpc) is 2.66. The Balaban J connectivity index is 1.67. The second kappa shape index (κ2) is 8.45. The molecule has 4 nitrogen and oxygen atoms in total. The molecule has 0 aliphatic rings. The van der Waals surface area contributed by atoms with Gasteiger partial charge in [0.25, 0.3) is 0 Å². The van der Waals surface area contributed by atoms with Crippen molar-refractivity contribution in [1.29, 1.82) is 0 Å². The second-order valence-corrected chi connectivity index (χ2v) is 6.53. The number of hydrogen-bond donors (Lipinski definition) is 1. The maximum Gasteiger partial charge on any atom is 0.347 e. The smallest absolute Gasteiger partial charge is 0.347 e. The van der Waals surface area contributed by atoms with Crippen LogP contribution >= 0.6 is 11.8 Å². The molecule has 0 radical (unpaired) electrons. The van der Waals surface area contributed by atoms with E-state index in [4.69, 9.17) is 9.47 Å². The molecule has 0 unspecified atom stereocenters. The highest BCUT2D eigenvalue weighted by Crippen LogP contribution is 2.30. The van der Waals surface area contributed by atoms with Crippen molar-refractivity contribution in [2.45, 2.75) is 16.7 Å². The molecule has 0 aliphatic heterocycles. The number of carbonyl (C=O) groups excluding carboxylic acids is 1. The van der Waals surface area contributed by atoms with Crippen molar-refractivity contribution in [3.05, 3.63) is 78.4 Å². The number of rotatable bonds is 6. The van der Waals surface area contributed by atoms with Crippen molar-refractivity contribution in [3.63, 3.8) is 0 Å². The minimum atomic E-state index is -0.451. The van der Waals surface area contributed by atoms with E-state index in [1.165, 1.54) is 0 Å². The molecule has 132 valence electrons. The molecule has 0 spiro atoms. The van der Waals surface area contributed by atoms with Crippen LogP contribution in [-0.2, 0) is 0 Å². The summed E-state index contributed by atoms with van der Waals surface area (Å²) < 4.78 is 10.9. The first-order valence-corrected chi connectivity index (χ1v) is 8.98. The Morgan fingerprint density at radius 3 is 2.19 bits per heavy atom. The number of benzene rings is 3. The third-order valence-electron chi connectivity index (χ3n) is 3.51. The molecule has 0 saturated heterocycles. The van der Waals surface area contributed by atoms with E-state index in [1.54, 1.807) is 54.2 Å². The van der Waals surface area contributed by atoms with Gasteiger partial charge in [0.1, 0.15) is 22.8 Å². The molecule has 3 aromatic carbocycles. The van der Waals surface area contributed by atoms with E-state index in [0.29, 0.717) is 23.7 Å². The molecule has 0 saturated carbocycles. The molecular formula is C21H18O4S. The van der Waals surface area contributed by atoms with Gasteiger partial charge in [-0.05, 0) is 67.6 Å². The van der Waals surface area contributed by atoms with Crippen molar-refractivity contribution in [3.8, 4) is 17.2 Å². The van der Waals surface area contributed by atoms with Crippen LogP contribution in [0.25, 0.3) is 0 Å². The zero-order valence-corrected chi connectivity index (χ0v) is 15.0. The number of aromatic hydroxyl groups is 1. The highest BCUT2D eigenvalue weighted by Gasteiger charge is 2.14. The van der Waals surface area contributed by atoms with Gasteiger partial charge in [-0.3, -0.25) is 0 Å². The Morgan fingerprint density at radius 1 is 0.923 bits per heavy atom. The van der Waals surface area contributed by atoms with E-state index in [0.717, 1.165) is 9.79 Å². The first-order chi connectivity index (χ1) is 12.7. The SMILES string of the molecule is CCOc1ccccc1C(=O)Oc1ccc(Sc2ccc(O)cc2)cc1. The summed E-state index contributed by atoms with van der Waals surface area (Å²) >= 11 is 1.56. The highest BCUT2D eigenvalue weighted by molar-refractivity contribution is 7.99. The third-order valence-corrected chi connectivity index (χ3v) is 4.53. The lowest BCUT2D eigenvalue weighted by atomic mass is 10.2. The van der Waals surface area contributed by atoms with Crippen LogP contribution in [0, 0.1) is 0 Å². The Morgan fingerprint density at radius 2 is 1.54 bits per heavy atom. The number of carbonyl (C=O) groups is 1. The molecule has 0 atom stereocenters. The molecule has 5 heteroatoms. The topological polar surface area (TPSA) is 55.8 Å². The van der Waals surface area contributed by atoms with Crippen molar-refractivity contribution >= 4 is 17.7 Å². The van der Waals surface area contributed by atoms with Crippen LogP contribution in [0.1, 0.15) is 17.3 Å². The van der Waals surface area contributed by atoms with Gasteiger partial charge in [-0.1, -0.05) is 23.9 Å². The molecule has 0 aliphatic carbocycles. The van der Waals surface area contributed by atoms with Crippen LogP contribution in [0.2, 0.25) is 0 Å². The lowest BCUT2D eigenvalue weighted by Crippen LogP contribution is -2.10. The van der Waals surface area contributed by atoms with E-state index >= 15 is 0 Å². The Labute approximate surface area is 156 Å². The lowest BCUT2D eigenvalue weighted by Gasteiger charge is -2.10. The number of hydrogen-bond acceptors (Lipinski definition) is 5. The van der Waals surface area contributed by atoms with Crippen LogP contribution in [0.5, 0.6) is 17.2 Å². The number of esters is 1. The van der Waals surface area contributed by atoms with E-state index in [-0.39, 0.29) is 5.75 Å². The van der Waals surface area contributed by atoms with Crippen LogP contribution in [0.3, 0.4) is 0 Å². The molecule has 0 bridgehead atoms. The van der Waals surface area contributed by atoms with Gasteiger partial charge < -0.3 is 14.6 Å². The van der Waals surface area contributed by atoms with Crippen molar-refractivity contribution < 1.29 is 19.4 Å². The zero-order chi connectivity index (χ0) is 18.4. The summed E-state index contributed by atoms with van der Waals surface area (Å²) in [6.45, 7) is 2.35. The van der Waals surface area contributed by atoms with Gasteiger partial charge in [0.15, 0.2) is 0 Å². The van der Waals surface area contributed by atoms with Gasteiger partial charge >= 0.3 is 5.97 Å². The lowest BCUT2D eigenvalue weighted by molar-refractivity contribution is 0.0730. The van der Waals surface area contributed by atoms with Gasteiger partial charge in [-0.15, -0.1) is 0 Å². The summed E-state index contributed by atoms with van der Waals surface area (Å²) in [7, 11) is 0. The van der Waals surface area contributed by atoms with Crippen molar-refractivity contribution in [2.24, 2.45) is 0 Å². The molecule has 0 heterocycles. The van der Waals surface area contributed by atoms with E-state index < -0.39 is 5.97 Å². The highest BCUT2D eigenvalue weighted by atomic mass is 32.2. The molecule has 26 heavy (non-hydrogen) atoms. The van der Waals surface area contributed by atoms with E-state index in [9.17, 15) is 9.90 Å². The monoisotopic (exact) mass is 366 g/mol. The number of phenols is 1. The fourth-order valence-corrected chi connectivity index (χ4v) is 3.12. The summed E-state index contributed by atoms with van der Waals surface area (Å²) in [6.07, 6.45) is 0. The summed E-state index contributed by atoms with van der Waals surface area (Å²) in [5.41, 5.74) is 0.400. The second-order valence-electron chi connectivity index (χ2n) is 5.39. The molecule has 3 rings (SSSR count). The van der Waals surface area contributed by atoms with Crippen molar-refractivity contribution in [1.82, 2.24) is 0 Å². The van der Waals surface area contributed by atoms with Gasteiger partial charge in [-0.25, -0.2) is 4.79 Å². The predicted molar refractivity (Wildman–Crippen MR) is 101 cm³/mol.